The van der Waals surface area contributed by atoms with E-state index in [4.69, 9.17) is 11.6 Å². The number of halogens is 1. The maximum Gasteiger partial charge on any atom is 0.135 e. The molecule has 0 amide bonds. The van der Waals surface area contributed by atoms with Crippen LogP contribution in [0.3, 0.4) is 0 Å². The highest BCUT2D eigenvalue weighted by atomic mass is 35.5. The second-order valence-corrected chi connectivity index (χ2v) is 5.47. The van der Waals surface area contributed by atoms with Gasteiger partial charge in [-0.05, 0) is 30.5 Å². The standard InChI is InChI=1S/C15H19ClN4/c1-11(2)6-7-17-14-9-15(19-10-18-14)20-13-5-3-4-12(16)8-13/h3-5,8-11H,6-7H2,1-2H3,(H2,17,18,19,20). The van der Waals surface area contributed by atoms with Crippen molar-refractivity contribution in [1.82, 2.24) is 9.97 Å². The molecule has 2 N–H and O–H groups in total. The average Bonchev–Trinajstić information content (AvgIpc) is 2.39. The molecular weight excluding hydrogens is 272 g/mol. The van der Waals surface area contributed by atoms with Crippen LogP contribution in [-0.2, 0) is 0 Å². The number of anilines is 3. The van der Waals surface area contributed by atoms with Crippen molar-refractivity contribution >= 4 is 28.9 Å². The number of hydrogen-bond acceptors (Lipinski definition) is 4. The molecule has 0 fully saturated rings. The summed E-state index contributed by atoms with van der Waals surface area (Å²) < 4.78 is 0. The van der Waals surface area contributed by atoms with Crippen molar-refractivity contribution in [2.45, 2.75) is 20.3 Å². The van der Waals surface area contributed by atoms with Gasteiger partial charge in [0.2, 0.25) is 0 Å². The van der Waals surface area contributed by atoms with Crippen LogP contribution in [-0.4, -0.2) is 16.5 Å². The first-order valence-corrected chi connectivity index (χ1v) is 7.10. The van der Waals surface area contributed by atoms with E-state index in [1.807, 2.05) is 30.3 Å². The van der Waals surface area contributed by atoms with Crippen LogP contribution in [0.5, 0.6) is 0 Å². The minimum atomic E-state index is 0.674. The first-order valence-electron chi connectivity index (χ1n) is 6.72. The van der Waals surface area contributed by atoms with Crippen LogP contribution in [0.15, 0.2) is 36.7 Å². The number of aromatic nitrogens is 2. The molecule has 5 heteroatoms. The molecule has 0 aliphatic rings. The topological polar surface area (TPSA) is 49.8 Å². The highest BCUT2D eigenvalue weighted by molar-refractivity contribution is 6.30. The normalized spacial score (nSPS) is 10.6. The Hall–Kier alpha value is -1.81. The fourth-order valence-electron chi connectivity index (χ4n) is 1.73. The van der Waals surface area contributed by atoms with Gasteiger partial charge in [0.25, 0.3) is 0 Å². The lowest BCUT2D eigenvalue weighted by Crippen LogP contribution is -2.06. The van der Waals surface area contributed by atoms with Gasteiger partial charge < -0.3 is 10.6 Å². The zero-order valence-corrected chi connectivity index (χ0v) is 12.5. The van der Waals surface area contributed by atoms with Crippen LogP contribution < -0.4 is 10.6 Å². The maximum absolute atomic E-state index is 5.96. The van der Waals surface area contributed by atoms with Crippen LogP contribution in [0.4, 0.5) is 17.3 Å². The predicted octanol–water partition coefficient (Wildman–Crippen LogP) is 4.33. The summed E-state index contributed by atoms with van der Waals surface area (Å²) in [5.41, 5.74) is 0.907. The van der Waals surface area contributed by atoms with Crippen LogP contribution in [0.25, 0.3) is 0 Å². The molecule has 0 atom stereocenters. The molecule has 106 valence electrons. The summed E-state index contributed by atoms with van der Waals surface area (Å²) >= 11 is 5.96. The number of nitrogens with zero attached hydrogens (tertiary/aromatic N) is 2. The Morgan fingerprint density at radius 2 is 1.95 bits per heavy atom. The third-order valence-corrected chi connectivity index (χ3v) is 3.03. The Morgan fingerprint density at radius 1 is 1.15 bits per heavy atom. The van der Waals surface area contributed by atoms with Gasteiger partial charge in [0.1, 0.15) is 18.0 Å². The van der Waals surface area contributed by atoms with Gasteiger partial charge in [0.05, 0.1) is 0 Å². The van der Waals surface area contributed by atoms with Crippen LogP contribution in [0.1, 0.15) is 20.3 Å². The van der Waals surface area contributed by atoms with Gasteiger partial charge in [0.15, 0.2) is 0 Å². The van der Waals surface area contributed by atoms with Crippen molar-refractivity contribution in [3.63, 3.8) is 0 Å². The summed E-state index contributed by atoms with van der Waals surface area (Å²) in [5, 5.41) is 7.20. The molecule has 0 saturated carbocycles. The molecule has 0 aliphatic carbocycles. The largest absolute Gasteiger partial charge is 0.370 e. The van der Waals surface area contributed by atoms with Gasteiger partial charge in [-0.25, -0.2) is 9.97 Å². The molecular formula is C15H19ClN4. The molecule has 0 bridgehead atoms. The number of nitrogens with one attached hydrogen (secondary N) is 2. The highest BCUT2D eigenvalue weighted by Crippen LogP contribution is 2.19. The SMILES string of the molecule is CC(C)CCNc1cc(Nc2cccc(Cl)c2)ncn1. The van der Waals surface area contributed by atoms with E-state index in [-0.39, 0.29) is 0 Å². The smallest absolute Gasteiger partial charge is 0.135 e. The van der Waals surface area contributed by atoms with Crippen LogP contribution >= 0.6 is 11.6 Å². The highest BCUT2D eigenvalue weighted by Gasteiger charge is 2.01. The third-order valence-electron chi connectivity index (χ3n) is 2.79. The second-order valence-electron chi connectivity index (χ2n) is 5.03. The van der Waals surface area contributed by atoms with Gasteiger partial charge in [-0.15, -0.1) is 0 Å². The van der Waals surface area contributed by atoms with E-state index in [0.29, 0.717) is 10.9 Å². The van der Waals surface area contributed by atoms with E-state index in [0.717, 1.165) is 30.3 Å². The summed E-state index contributed by atoms with van der Waals surface area (Å²) in [6.45, 7) is 5.31. The molecule has 1 heterocycles. The predicted molar refractivity (Wildman–Crippen MR) is 84.7 cm³/mol. The summed E-state index contributed by atoms with van der Waals surface area (Å²) in [6.07, 6.45) is 2.66. The maximum atomic E-state index is 5.96. The summed E-state index contributed by atoms with van der Waals surface area (Å²) in [5.74, 6) is 2.24. The van der Waals surface area contributed by atoms with Gasteiger partial charge in [-0.3, -0.25) is 0 Å². The van der Waals surface area contributed by atoms with Crippen LogP contribution in [0, 0.1) is 5.92 Å². The molecule has 0 saturated heterocycles. The van der Waals surface area contributed by atoms with E-state index in [1.54, 1.807) is 6.33 Å². The van der Waals surface area contributed by atoms with Crippen molar-refractivity contribution in [3.05, 3.63) is 41.7 Å². The van der Waals surface area contributed by atoms with E-state index in [9.17, 15) is 0 Å². The summed E-state index contributed by atoms with van der Waals surface area (Å²) in [4.78, 5) is 8.41. The Balaban J connectivity index is 1.99. The quantitative estimate of drug-likeness (QED) is 0.831. The molecule has 4 nitrogen and oxygen atoms in total. The number of hydrogen-bond donors (Lipinski definition) is 2. The fourth-order valence-corrected chi connectivity index (χ4v) is 1.92. The first kappa shape index (κ1) is 14.6. The van der Waals surface area contributed by atoms with Crippen molar-refractivity contribution in [1.29, 1.82) is 0 Å². The molecule has 0 radical (unpaired) electrons. The molecule has 0 unspecified atom stereocenters. The minimum absolute atomic E-state index is 0.674. The number of benzene rings is 1. The molecule has 1 aromatic carbocycles. The van der Waals surface area contributed by atoms with Gasteiger partial charge in [-0.1, -0.05) is 31.5 Å². The molecule has 0 spiro atoms. The van der Waals surface area contributed by atoms with Gasteiger partial charge >= 0.3 is 0 Å². The van der Waals surface area contributed by atoms with E-state index >= 15 is 0 Å². The van der Waals surface area contributed by atoms with Crippen molar-refractivity contribution in [2.75, 3.05) is 17.2 Å². The van der Waals surface area contributed by atoms with Crippen LogP contribution in [0.2, 0.25) is 5.02 Å². The first-order chi connectivity index (χ1) is 9.63. The van der Waals surface area contributed by atoms with Gasteiger partial charge in [-0.2, -0.15) is 0 Å². The Bertz CT molecular complexity index is 557. The lowest BCUT2D eigenvalue weighted by molar-refractivity contribution is 0.606. The van der Waals surface area contributed by atoms with E-state index in [1.165, 1.54) is 0 Å². The second kappa shape index (κ2) is 7.10. The molecule has 2 aromatic rings. The molecule has 0 aliphatic heterocycles. The molecule has 2 rings (SSSR count). The molecule has 1 aromatic heterocycles. The van der Waals surface area contributed by atoms with E-state index in [2.05, 4.69) is 34.4 Å². The fraction of sp³-hybridized carbons (Fsp3) is 0.333. The summed E-state index contributed by atoms with van der Waals surface area (Å²) in [7, 11) is 0. The van der Waals surface area contributed by atoms with Crippen molar-refractivity contribution in [3.8, 4) is 0 Å². The van der Waals surface area contributed by atoms with E-state index < -0.39 is 0 Å². The zero-order valence-electron chi connectivity index (χ0n) is 11.7. The monoisotopic (exact) mass is 290 g/mol. The minimum Gasteiger partial charge on any atom is -0.370 e. The lowest BCUT2D eigenvalue weighted by Gasteiger charge is -2.09. The average molecular weight is 291 g/mol. The molecule has 20 heavy (non-hydrogen) atoms. The zero-order chi connectivity index (χ0) is 14.4. The summed E-state index contributed by atoms with van der Waals surface area (Å²) in [6, 6.07) is 9.43. The Morgan fingerprint density at radius 3 is 2.70 bits per heavy atom. The van der Waals surface area contributed by atoms with Crippen molar-refractivity contribution < 1.29 is 0 Å². The third kappa shape index (κ3) is 4.70. The van der Waals surface area contributed by atoms with Gasteiger partial charge in [0, 0.05) is 23.3 Å². The number of rotatable bonds is 6. The lowest BCUT2D eigenvalue weighted by atomic mass is 10.1. The Labute approximate surface area is 124 Å². The van der Waals surface area contributed by atoms with Crippen molar-refractivity contribution in [2.24, 2.45) is 5.92 Å². The Kier molecular flexibility index (Phi) is 5.18.